The molecule has 0 spiro atoms. The molecule has 32 heavy (non-hydrogen) atoms. The number of amides is 1. The van der Waals surface area contributed by atoms with E-state index < -0.39 is 6.04 Å². The Hall–Kier alpha value is -3.39. The third kappa shape index (κ3) is 4.45. The number of benzene rings is 2. The summed E-state index contributed by atoms with van der Waals surface area (Å²) in [7, 11) is 1.56. The standard InChI is InChI=1S/C24H23FN4O2S/c1-3-20(23(30)27-19-10-6-7-11-22(19)31-2)29-21-14-26-13-12-18(21)28-24(29)32-15-16-8-4-5-9-17(16)25/h4-14,20H,3,15H2,1-2H3,(H,27,30)/t20-/m1/s1. The van der Waals surface area contributed by atoms with Crippen molar-refractivity contribution in [2.75, 3.05) is 12.4 Å². The molecule has 1 N–H and O–H groups in total. The number of methoxy groups -OCH3 is 1. The van der Waals surface area contributed by atoms with Gasteiger partial charge in [-0.2, -0.15) is 0 Å². The Morgan fingerprint density at radius 3 is 2.75 bits per heavy atom. The average Bonchev–Trinajstić information content (AvgIpc) is 3.18. The monoisotopic (exact) mass is 450 g/mol. The van der Waals surface area contributed by atoms with E-state index in [1.54, 1.807) is 49.8 Å². The zero-order chi connectivity index (χ0) is 22.5. The summed E-state index contributed by atoms with van der Waals surface area (Å²) < 4.78 is 21.4. The molecular formula is C24H23FN4O2S. The SMILES string of the molecule is CC[C@H](C(=O)Nc1ccccc1OC)n1c(SCc2ccccc2F)nc2ccncc21. The summed E-state index contributed by atoms with van der Waals surface area (Å²) in [5.74, 6) is 0.536. The van der Waals surface area contributed by atoms with Gasteiger partial charge in [-0.15, -0.1) is 0 Å². The fourth-order valence-electron chi connectivity index (χ4n) is 3.53. The highest BCUT2D eigenvalue weighted by Crippen LogP contribution is 2.32. The quantitative estimate of drug-likeness (QED) is 0.361. The second kappa shape index (κ2) is 9.82. The molecule has 0 radical (unpaired) electrons. The molecule has 0 bridgehead atoms. The third-order valence-electron chi connectivity index (χ3n) is 5.14. The number of halogens is 1. The summed E-state index contributed by atoms with van der Waals surface area (Å²) in [6, 6.07) is 15.2. The number of hydrogen-bond acceptors (Lipinski definition) is 5. The van der Waals surface area contributed by atoms with E-state index in [1.807, 2.05) is 29.7 Å². The van der Waals surface area contributed by atoms with Crippen LogP contribution in [0.3, 0.4) is 0 Å². The number of carbonyl (C=O) groups excluding carboxylic acids is 1. The second-order valence-corrected chi connectivity index (χ2v) is 8.06. The van der Waals surface area contributed by atoms with Gasteiger partial charge in [-0.1, -0.05) is 49.0 Å². The molecule has 2 aromatic heterocycles. The van der Waals surface area contributed by atoms with Gasteiger partial charge in [0.05, 0.1) is 30.0 Å². The summed E-state index contributed by atoms with van der Waals surface area (Å²) >= 11 is 1.39. The van der Waals surface area contributed by atoms with Crippen LogP contribution >= 0.6 is 11.8 Å². The van der Waals surface area contributed by atoms with Crippen LogP contribution in [0.1, 0.15) is 24.9 Å². The summed E-state index contributed by atoms with van der Waals surface area (Å²) in [5.41, 5.74) is 2.67. The van der Waals surface area contributed by atoms with Crippen molar-refractivity contribution >= 4 is 34.4 Å². The lowest BCUT2D eigenvalue weighted by molar-refractivity contribution is -0.119. The molecule has 4 rings (SSSR count). The third-order valence-corrected chi connectivity index (χ3v) is 6.14. The molecule has 0 aliphatic rings. The number of nitrogens with one attached hydrogen (secondary N) is 1. The zero-order valence-corrected chi connectivity index (χ0v) is 18.6. The highest BCUT2D eigenvalue weighted by molar-refractivity contribution is 7.98. The Labute approximate surface area is 189 Å². The number of rotatable bonds is 8. The number of hydrogen-bond donors (Lipinski definition) is 1. The van der Waals surface area contributed by atoms with Gasteiger partial charge in [-0.3, -0.25) is 9.78 Å². The Morgan fingerprint density at radius 2 is 1.97 bits per heavy atom. The topological polar surface area (TPSA) is 69.0 Å². The number of thioether (sulfide) groups is 1. The molecule has 0 fully saturated rings. The van der Waals surface area contributed by atoms with E-state index in [0.29, 0.717) is 34.3 Å². The van der Waals surface area contributed by atoms with Gasteiger partial charge in [0.1, 0.15) is 17.6 Å². The van der Waals surface area contributed by atoms with Crippen molar-refractivity contribution in [3.8, 4) is 5.75 Å². The van der Waals surface area contributed by atoms with Crippen molar-refractivity contribution in [2.45, 2.75) is 30.3 Å². The highest BCUT2D eigenvalue weighted by atomic mass is 32.2. The van der Waals surface area contributed by atoms with Crippen molar-refractivity contribution in [2.24, 2.45) is 0 Å². The molecule has 1 amide bonds. The second-order valence-electron chi connectivity index (χ2n) is 7.12. The number of nitrogens with zero attached hydrogens (tertiary/aromatic N) is 3. The van der Waals surface area contributed by atoms with Gasteiger partial charge >= 0.3 is 0 Å². The maximum atomic E-state index is 14.1. The van der Waals surface area contributed by atoms with E-state index in [2.05, 4.69) is 10.3 Å². The number of carbonyl (C=O) groups is 1. The maximum absolute atomic E-state index is 14.1. The predicted octanol–water partition coefficient (Wildman–Crippen LogP) is 5.46. The van der Waals surface area contributed by atoms with E-state index in [0.717, 1.165) is 11.0 Å². The molecule has 0 saturated carbocycles. The summed E-state index contributed by atoms with van der Waals surface area (Å²) in [6.07, 6.45) is 3.91. The summed E-state index contributed by atoms with van der Waals surface area (Å²) in [4.78, 5) is 22.3. The maximum Gasteiger partial charge on any atom is 0.247 e. The van der Waals surface area contributed by atoms with Gasteiger partial charge in [-0.25, -0.2) is 9.37 Å². The number of ether oxygens (including phenoxy) is 1. The Balaban J connectivity index is 1.68. The molecule has 0 aliphatic heterocycles. The largest absolute Gasteiger partial charge is 0.495 e. The molecule has 2 heterocycles. The number of fused-ring (bicyclic) bond motifs is 1. The van der Waals surface area contributed by atoms with E-state index in [9.17, 15) is 9.18 Å². The molecule has 8 heteroatoms. The molecule has 6 nitrogen and oxygen atoms in total. The van der Waals surface area contributed by atoms with Crippen LogP contribution in [0.2, 0.25) is 0 Å². The van der Waals surface area contributed by atoms with Gasteiger partial charge < -0.3 is 14.6 Å². The summed E-state index contributed by atoms with van der Waals surface area (Å²) in [6.45, 7) is 1.94. The van der Waals surface area contributed by atoms with E-state index >= 15 is 0 Å². The Kier molecular flexibility index (Phi) is 6.70. The molecule has 164 valence electrons. The normalized spacial score (nSPS) is 12.0. The molecule has 2 aromatic carbocycles. The van der Waals surface area contributed by atoms with Crippen molar-refractivity contribution in [3.05, 3.63) is 78.4 Å². The van der Waals surface area contributed by atoms with E-state index in [1.165, 1.54) is 17.8 Å². The van der Waals surface area contributed by atoms with Gasteiger partial charge in [-0.05, 0) is 36.2 Å². The number of anilines is 1. The van der Waals surface area contributed by atoms with Gasteiger partial charge in [0.2, 0.25) is 5.91 Å². The van der Waals surface area contributed by atoms with Crippen molar-refractivity contribution in [3.63, 3.8) is 0 Å². The molecule has 4 aromatic rings. The van der Waals surface area contributed by atoms with Crippen molar-refractivity contribution < 1.29 is 13.9 Å². The van der Waals surface area contributed by atoms with Gasteiger partial charge in [0, 0.05) is 11.9 Å². The molecular weight excluding hydrogens is 427 g/mol. The van der Waals surface area contributed by atoms with Crippen LogP contribution in [0.5, 0.6) is 5.75 Å². The lowest BCUT2D eigenvalue weighted by Crippen LogP contribution is -2.26. The number of para-hydroxylation sites is 2. The number of imidazole rings is 1. The van der Waals surface area contributed by atoms with Gasteiger partial charge in [0.15, 0.2) is 5.16 Å². The number of pyridine rings is 1. The molecule has 0 unspecified atom stereocenters. The first-order chi connectivity index (χ1) is 15.6. The predicted molar refractivity (Wildman–Crippen MR) is 124 cm³/mol. The van der Waals surface area contributed by atoms with E-state index in [-0.39, 0.29) is 11.7 Å². The van der Waals surface area contributed by atoms with Crippen LogP contribution in [0, 0.1) is 5.82 Å². The minimum absolute atomic E-state index is 0.187. The van der Waals surface area contributed by atoms with Crippen LogP contribution in [-0.2, 0) is 10.5 Å². The molecule has 1 atom stereocenters. The lowest BCUT2D eigenvalue weighted by Gasteiger charge is -2.20. The number of aromatic nitrogens is 3. The fraction of sp³-hybridized carbons (Fsp3) is 0.208. The smallest absolute Gasteiger partial charge is 0.247 e. The summed E-state index contributed by atoms with van der Waals surface area (Å²) in [5, 5.41) is 3.61. The fourth-order valence-corrected chi connectivity index (χ4v) is 4.58. The Morgan fingerprint density at radius 1 is 1.19 bits per heavy atom. The van der Waals surface area contributed by atoms with Crippen LogP contribution in [0.25, 0.3) is 11.0 Å². The van der Waals surface area contributed by atoms with Crippen molar-refractivity contribution in [1.82, 2.24) is 14.5 Å². The molecule has 0 aliphatic carbocycles. The van der Waals surface area contributed by atoms with E-state index in [4.69, 9.17) is 9.72 Å². The van der Waals surface area contributed by atoms with Crippen molar-refractivity contribution in [1.29, 1.82) is 0 Å². The molecule has 0 saturated heterocycles. The first-order valence-electron chi connectivity index (χ1n) is 10.2. The first-order valence-corrected chi connectivity index (χ1v) is 11.2. The van der Waals surface area contributed by atoms with Crippen LogP contribution in [0.4, 0.5) is 10.1 Å². The minimum Gasteiger partial charge on any atom is -0.495 e. The van der Waals surface area contributed by atoms with Crippen LogP contribution in [-0.4, -0.2) is 27.6 Å². The van der Waals surface area contributed by atoms with Crippen LogP contribution in [0.15, 0.2) is 72.1 Å². The minimum atomic E-state index is -0.530. The van der Waals surface area contributed by atoms with Crippen LogP contribution < -0.4 is 10.1 Å². The lowest BCUT2D eigenvalue weighted by atomic mass is 10.2. The highest BCUT2D eigenvalue weighted by Gasteiger charge is 2.25. The Bertz CT molecular complexity index is 1240. The first kappa shape index (κ1) is 21.8. The van der Waals surface area contributed by atoms with Gasteiger partial charge in [0.25, 0.3) is 0 Å². The average molecular weight is 451 g/mol. The zero-order valence-electron chi connectivity index (χ0n) is 17.8.